The molecule has 2 amide bonds. The third kappa shape index (κ3) is 7.85. The number of nitrogens with zero attached hydrogens (tertiary/aromatic N) is 2. The first-order chi connectivity index (χ1) is 17.8. The summed E-state index contributed by atoms with van der Waals surface area (Å²) >= 11 is 6.11. The second kappa shape index (κ2) is 13.1. The van der Waals surface area contributed by atoms with Crippen LogP contribution in [0.1, 0.15) is 34.7 Å². The van der Waals surface area contributed by atoms with Crippen LogP contribution in [0.15, 0.2) is 59.5 Å². The third-order valence-electron chi connectivity index (χ3n) is 5.53. The van der Waals surface area contributed by atoms with Gasteiger partial charge in [-0.15, -0.1) is 0 Å². The van der Waals surface area contributed by atoms with Gasteiger partial charge in [-0.1, -0.05) is 23.7 Å². The van der Waals surface area contributed by atoms with Crippen LogP contribution in [0.2, 0.25) is 5.02 Å². The van der Waals surface area contributed by atoms with Crippen LogP contribution in [0.5, 0.6) is 5.75 Å². The van der Waals surface area contributed by atoms with Crippen LogP contribution in [-0.4, -0.2) is 29.6 Å². The molecule has 1 heterocycles. The van der Waals surface area contributed by atoms with Crippen molar-refractivity contribution in [1.29, 1.82) is 5.26 Å². The van der Waals surface area contributed by atoms with Crippen LogP contribution in [0.25, 0.3) is 0 Å². The number of aromatic nitrogens is 1. The fourth-order valence-corrected chi connectivity index (χ4v) is 3.71. The van der Waals surface area contributed by atoms with Crippen molar-refractivity contribution in [3.8, 4) is 11.8 Å². The number of ether oxygens (including phenoxy) is 1. The van der Waals surface area contributed by atoms with Gasteiger partial charge in [0.05, 0.1) is 24.6 Å². The van der Waals surface area contributed by atoms with E-state index in [1.165, 1.54) is 4.68 Å². The Kier molecular flexibility index (Phi) is 9.69. The molecule has 0 aliphatic heterocycles. The molecule has 0 spiro atoms. The highest BCUT2D eigenvalue weighted by molar-refractivity contribution is 6.30. The summed E-state index contributed by atoms with van der Waals surface area (Å²) in [6.45, 7) is 4.41. The maximum Gasteiger partial charge on any atom is 0.272 e. The normalized spacial score (nSPS) is 10.3. The number of carbonyl (C=O) groups is 2. The Morgan fingerprint density at radius 2 is 1.81 bits per heavy atom. The molecule has 9 nitrogen and oxygen atoms in total. The highest BCUT2D eigenvalue weighted by Gasteiger charge is 2.14. The van der Waals surface area contributed by atoms with Crippen molar-refractivity contribution in [3.63, 3.8) is 0 Å². The monoisotopic (exact) mass is 521 g/mol. The molecule has 3 rings (SSSR count). The van der Waals surface area contributed by atoms with Gasteiger partial charge in [-0.2, -0.15) is 5.26 Å². The molecule has 3 N–H and O–H groups in total. The number of hydrogen-bond acceptors (Lipinski definition) is 6. The van der Waals surface area contributed by atoms with E-state index in [1.807, 2.05) is 19.1 Å². The number of carbonyl (C=O) groups excluding carboxylic acids is 2. The van der Waals surface area contributed by atoms with Crippen LogP contribution in [-0.2, 0) is 29.1 Å². The van der Waals surface area contributed by atoms with Gasteiger partial charge in [0.1, 0.15) is 5.75 Å². The lowest BCUT2D eigenvalue weighted by Crippen LogP contribution is -2.34. The van der Waals surface area contributed by atoms with Crippen molar-refractivity contribution < 1.29 is 14.3 Å². The zero-order valence-corrected chi connectivity index (χ0v) is 21.4. The van der Waals surface area contributed by atoms with Crippen molar-refractivity contribution >= 4 is 23.4 Å². The lowest BCUT2D eigenvalue weighted by atomic mass is 10.1. The van der Waals surface area contributed by atoms with Crippen LogP contribution in [0, 0.1) is 18.3 Å². The third-order valence-corrected chi connectivity index (χ3v) is 5.77. The molecule has 1 aromatic heterocycles. The molecule has 0 atom stereocenters. The number of benzene rings is 2. The summed E-state index contributed by atoms with van der Waals surface area (Å²) in [5.74, 6) is -0.169. The van der Waals surface area contributed by atoms with Crippen molar-refractivity contribution in [1.82, 2.24) is 15.3 Å². The van der Waals surface area contributed by atoms with E-state index in [0.29, 0.717) is 46.1 Å². The molecule has 0 fully saturated rings. The van der Waals surface area contributed by atoms with E-state index in [-0.39, 0.29) is 36.9 Å². The number of pyridine rings is 1. The van der Waals surface area contributed by atoms with Gasteiger partial charge in [0.2, 0.25) is 5.91 Å². The molecular formula is C27H28ClN5O4. The smallest absolute Gasteiger partial charge is 0.272 e. The van der Waals surface area contributed by atoms with E-state index < -0.39 is 0 Å². The number of likely N-dealkylation sites (N-methyl/N-ethyl adjacent to an activating group) is 1. The molecule has 0 radical (unpaired) electrons. The Morgan fingerprint density at radius 3 is 2.51 bits per heavy atom. The molecule has 3 aromatic rings. The maximum atomic E-state index is 13.0. The van der Waals surface area contributed by atoms with Crippen LogP contribution < -0.4 is 26.4 Å². The largest absolute Gasteiger partial charge is 0.483 e. The van der Waals surface area contributed by atoms with E-state index in [1.54, 1.807) is 49.5 Å². The molecule has 0 aliphatic carbocycles. The highest BCUT2D eigenvalue weighted by atomic mass is 35.5. The average molecular weight is 522 g/mol. The summed E-state index contributed by atoms with van der Waals surface area (Å²) in [6.07, 6.45) is 1.51. The summed E-state index contributed by atoms with van der Waals surface area (Å²) < 4.78 is 6.93. The number of nitriles is 1. The zero-order valence-electron chi connectivity index (χ0n) is 20.6. The predicted molar refractivity (Wildman–Crippen MR) is 141 cm³/mol. The number of aryl methyl sites for hydroxylation is 1. The fourth-order valence-electron chi connectivity index (χ4n) is 3.52. The van der Waals surface area contributed by atoms with Crippen LogP contribution >= 0.6 is 11.6 Å². The van der Waals surface area contributed by atoms with Gasteiger partial charge in [-0.05, 0) is 61.4 Å². The molecule has 0 saturated carbocycles. The first-order valence-electron chi connectivity index (χ1n) is 11.7. The van der Waals surface area contributed by atoms with E-state index in [2.05, 4.69) is 22.1 Å². The lowest BCUT2D eigenvalue weighted by molar-refractivity contribution is -0.123. The lowest BCUT2D eigenvalue weighted by Gasteiger charge is -2.14. The fraction of sp³-hybridized carbons (Fsp3) is 0.259. The van der Waals surface area contributed by atoms with Gasteiger partial charge in [0.15, 0.2) is 6.61 Å². The van der Waals surface area contributed by atoms with Gasteiger partial charge >= 0.3 is 0 Å². The molecule has 10 heteroatoms. The maximum absolute atomic E-state index is 13.0. The molecule has 192 valence electrons. The Hall–Kier alpha value is -4.29. The van der Waals surface area contributed by atoms with E-state index in [4.69, 9.17) is 21.6 Å². The van der Waals surface area contributed by atoms with Crippen LogP contribution in [0.4, 0.5) is 0 Å². The standard InChI is InChI=1S/C27H28ClN5O4/c1-3-30-26(35)17-37-24-9-8-22(28)12-21(24)16-31-25(34)13-23-18(2)10-11-33(27(23)36)32-15-20-6-4-19(14-29)5-7-20/h4-12,32H,3,13,15-17H2,1-2H3,(H,30,35)(H,31,34). The quantitative estimate of drug-likeness (QED) is 0.356. The van der Waals surface area contributed by atoms with E-state index in [0.717, 1.165) is 5.56 Å². The number of rotatable bonds is 11. The molecule has 2 aromatic carbocycles. The second-order valence-corrected chi connectivity index (χ2v) is 8.68. The minimum atomic E-state index is -0.348. The van der Waals surface area contributed by atoms with Crippen molar-refractivity contribution in [2.75, 3.05) is 18.6 Å². The summed E-state index contributed by atoms with van der Waals surface area (Å²) in [4.78, 5) is 37.5. The van der Waals surface area contributed by atoms with Crippen molar-refractivity contribution in [2.24, 2.45) is 0 Å². The summed E-state index contributed by atoms with van der Waals surface area (Å²) in [5.41, 5.74) is 5.85. The molecule has 0 bridgehead atoms. The number of hydrogen-bond donors (Lipinski definition) is 3. The van der Waals surface area contributed by atoms with E-state index in [9.17, 15) is 14.4 Å². The van der Waals surface area contributed by atoms with Gasteiger partial charge in [-0.25, -0.2) is 4.68 Å². The Balaban J connectivity index is 1.64. The van der Waals surface area contributed by atoms with Gasteiger partial charge in [0.25, 0.3) is 11.5 Å². The average Bonchev–Trinajstić information content (AvgIpc) is 2.89. The van der Waals surface area contributed by atoms with Gasteiger partial charge in [-0.3, -0.25) is 14.4 Å². The van der Waals surface area contributed by atoms with E-state index >= 15 is 0 Å². The highest BCUT2D eigenvalue weighted by Crippen LogP contribution is 2.23. The molecule has 0 saturated heterocycles. The van der Waals surface area contributed by atoms with Crippen LogP contribution in [0.3, 0.4) is 0 Å². The minimum Gasteiger partial charge on any atom is -0.483 e. The van der Waals surface area contributed by atoms with Gasteiger partial charge in [0, 0.05) is 35.4 Å². The summed E-state index contributed by atoms with van der Waals surface area (Å²) in [6, 6.07) is 15.8. The summed E-state index contributed by atoms with van der Waals surface area (Å²) in [5, 5.41) is 14.8. The molecule has 0 unspecified atom stereocenters. The number of nitrogens with one attached hydrogen (secondary N) is 3. The minimum absolute atomic E-state index is 0.111. The topological polar surface area (TPSA) is 125 Å². The Bertz CT molecular complexity index is 1360. The van der Waals surface area contributed by atoms with Crippen molar-refractivity contribution in [3.05, 3.63) is 97.9 Å². The first kappa shape index (κ1) is 27.3. The zero-order chi connectivity index (χ0) is 26.8. The van der Waals surface area contributed by atoms with Gasteiger partial charge < -0.3 is 20.8 Å². The van der Waals surface area contributed by atoms with Crippen molar-refractivity contribution in [2.45, 2.75) is 33.4 Å². The second-order valence-electron chi connectivity index (χ2n) is 8.24. The molecule has 37 heavy (non-hydrogen) atoms. The Morgan fingerprint density at radius 1 is 1.05 bits per heavy atom. The number of amides is 2. The number of halogens is 1. The SMILES string of the molecule is CCNC(=O)COc1ccc(Cl)cc1CNC(=O)Cc1c(C)ccn(NCc2ccc(C#N)cc2)c1=O. The molecule has 0 aliphatic rings. The molecular weight excluding hydrogens is 494 g/mol. The summed E-state index contributed by atoms with van der Waals surface area (Å²) in [7, 11) is 0. The predicted octanol–water partition coefficient (Wildman–Crippen LogP) is 2.80. The first-order valence-corrected chi connectivity index (χ1v) is 12.1. The Labute approximate surface area is 220 Å².